The van der Waals surface area contributed by atoms with Crippen LogP contribution in [0.1, 0.15) is 16.8 Å². The van der Waals surface area contributed by atoms with Crippen molar-refractivity contribution in [1.82, 2.24) is 14.2 Å². The molecule has 0 radical (unpaired) electrons. The normalized spacial score (nSPS) is 26.5. The minimum absolute atomic E-state index is 0.0973. The number of sulfonamides is 1. The van der Waals surface area contributed by atoms with E-state index in [1.807, 2.05) is 0 Å². The molecule has 1 amide bonds. The van der Waals surface area contributed by atoms with E-state index >= 15 is 0 Å². The number of piperidine rings is 1. The van der Waals surface area contributed by atoms with E-state index in [9.17, 15) is 13.2 Å². The molecule has 3 rings (SSSR count). The number of amides is 1. The Kier molecular flexibility index (Phi) is 4.16. The Labute approximate surface area is 129 Å². The van der Waals surface area contributed by atoms with Crippen molar-refractivity contribution in [3.05, 3.63) is 30.1 Å². The maximum absolute atomic E-state index is 12.5. The van der Waals surface area contributed by atoms with Crippen molar-refractivity contribution in [3.8, 4) is 0 Å². The van der Waals surface area contributed by atoms with Crippen molar-refractivity contribution in [2.75, 3.05) is 32.5 Å². The fourth-order valence-corrected chi connectivity index (χ4v) is 4.21. The molecule has 7 nitrogen and oxygen atoms in total. The number of carbonyl (C=O) groups excluding carboxylic acids is 1. The van der Waals surface area contributed by atoms with E-state index in [0.717, 1.165) is 0 Å². The van der Waals surface area contributed by atoms with Crippen LogP contribution in [0.15, 0.2) is 24.5 Å². The zero-order valence-electron chi connectivity index (χ0n) is 12.4. The Balaban J connectivity index is 1.79. The van der Waals surface area contributed by atoms with E-state index in [4.69, 9.17) is 4.74 Å². The molecule has 0 N–H and O–H groups in total. The molecule has 0 aromatic carbocycles. The minimum Gasteiger partial charge on any atom is -0.375 e. The second kappa shape index (κ2) is 5.94. The standard InChI is InChI=1S/C14H19N3O4S/c1-22(19,20)17-8-9-21-13-4-7-16(10-12(13)17)14(18)11-2-5-15-6-3-11/h2-3,5-6,12-13H,4,7-10H2,1H3/t12-,13-/m0/s1. The first-order valence-corrected chi connectivity index (χ1v) is 9.09. The third kappa shape index (κ3) is 2.99. The largest absolute Gasteiger partial charge is 0.375 e. The Bertz CT molecular complexity index is 649. The molecule has 8 heteroatoms. The molecule has 0 unspecified atom stereocenters. The lowest BCUT2D eigenvalue weighted by atomic mass is 10.00. The SMILES string of the molecule is CS(=O)(=O)N1CCO[C@H]2CCN(C(=O)c3ccncc3)C[C@@H]21. The van der Waals surface area contributed by atoms with Crippen LogP contribution in [0, 0.1) is 0 Å². The zero-order valence-corrected chi connectivity index (χ0v) is 13.2. The topological polar surface area (TPSA) is 79.8 Å². The van der Waals surface area contributed by atoms with Gasteiger partial charge in [-0.05, 0) is 18.6 Å². The second-order valence-corrected chi connectivity index (χ2v) is 7.56. The number of likely N-dealkylation sites (tertiary alicyclic amines) is 1. The van der Waals surface area contributed by atoms with Crippen LogP contribution in [0.2, 0.25) is 0 Å². The van der Waals surface area contributed by atoms with Gasteiger partial charge in [-0.15, -0.1) is 0 Å². The second-order valence-electron chi connectivity index (χ2n) is 5.63. The number of fused-ring (bicyclic) bond motifs is 1. The van der Waals surface area contributed by atoms with Gasteiger partial charge in [0.2, 0.25) is 10.0 Å². The van der Waals surface area contributed by atoms with Gasteiger partial charge in [0, 0.05) is 37.6 Å². The van der Waals surface area contributed by atoms with E-state index in [-0.39, 0.29) is 18.1 Å². The highest BCUT2D eigenvalue weighted by atomic mass is 32.2. The predicted octanol–water partition coefficient (Wildman–Crippen LogP) is -0.0435. The molecule has 2 atom stereocenters. The number of carbonyl (C=O) groups is 1. The maximum Gasteiger partial charge on any atom is 0.254 e. The number of hydrogen-bond acceptors (Lipinski definition) is 5. The Morgan fingerprint density at radius 1 is 1.32 bits per heavy atom. The van der Waals surface area contributed by atoms with E-state index in [1.165, 1.54) is 10.6 Å². The third-order valence-electron chi connectivity index (χ3n) is 4.17. The Morgan fingerprint density at radius 3 is 2.73 bits per heavy atom. The molecule has 0 saturated carbocycles. The van der Waals surface area contributed by atoms with Crippen molar-refractivity contribution in [2.45, 2.75) is 18.6 Å². The summed E-state index contributed by atoms with van der Waals surface area (Å²) in [5.74, 6) is -0.0973. The van der Waals surface area contributed by atoms with Gasteiger partial charge < -0.3 is 9.64 Å². The molecule has 2 saturated heterocycles. The van der Waals surface area contributed by atoms with E-state index < -0.39 is 10.0 Å². The molecule has 2 aliphatic rings. The van der Waals surface area contributed by atoms with Gasteiger partial charge in [-0.25, -0.2) is 8.42 Å². The Morgan fingerprint density at radius 2 is 2.05 bits per heavy atom. The summed E-state index contributed by atoms with van der Waals surface area (Å²) in [7, 11) is -3.30. The number of rotatable bonds is 2. The molecule has 0 bridgehead atoms. The smallest absolute Gasteiger partial charge is 0.254 e. The van der Waals surface area contributed by atoms with Crippen LogP contribution in [0.25, 0.3) is 0 Å². The van der Waals surface area contributed by atoms with Crippen molar-refractivity contribution in [1.29, 1.82) is 0 Å². The van der Waals surface area contributed by atoms with Crippen molar-refractivity contribution in [3.63, 3.8) is 0 Å². The molecule has 0 spiro atoms. The molecular weight excluding hydrogens is 306 g/mol. The molecule has 2 fully saturated rings. The third-order valence-corrected chi connectivity index (χ3v) is 5.48. The fourth-order valence-electron chi connectivity index (χ4n) is 3.11. The van der Waals surface area contributed by atoms with Crippen LogP contribution in [0.5, 0.6) is 0 Å². The van der Waals surface area contributed by atoms with Crippen LogP contribution in [0.4, 0.5) is 0 Å². The number of nitrogens with zero attached hydrogens (tertiary/aromatic N) is 3. The number of morpholine rings is 1. The van der Waals surface area contributed by atoms with Crippen LogP contribution in [-0.4, -0.2) is 73.2 Å². The molecule has 1 aromatic rings. The quantitative estimate of drug-likeness (QED) is 0.762. The van der Waals surface area contributed by atoms with Crippen molar-refractivity contribution < 1.29 is 17.9 Å². The summed E-state index contributed by atoms with van der Waals surface area (Å²) in [6, 6.07) is 3.03. The van der Waals surface area contributed by atoms with E-state index in [1.54, 1.807) is 29.4 Å². The van der Waals surface area contributed by atoms with Crippen LogP contribution in [-0.2, 0) is 14.8 Å². The summed E-state index contributed by atoms with van der Waals surface area (Å²) < 4.78 is 31.0. The molecule has 0 aliphatic carbocycles. The average Bonchev–Trinajstić information content (AvgIpc) is 2.53. The first kappa shape index (κ1) is 15.4. The first-order chi connectivity index (χ1) is 10.5. The van der Waals surface area contributed by atoms with Gasteiger partial charge >= 0.3 is 0 Å². The van der Waals surface area contributed by atoms with E-state index in [0.29, 0.717) is 38.2 Å². The first-order valence-electron chi connectivity index (χ1n) is 7.24. The van der Waals surface area contributed by atoms with Gasteiger partial charge in [0.25, 0.3) is 5.91 Å². The zero-order chi connectivity index (χ0) is 15.7. The minimum atomic E-state index is -3.30. The monoisotopic (exact) mass is 325 g/mol. The lowest BCUT2D eigenvalue weighted by Gasteiger charge is -2.45. The van der Waals surface area contributed by atoms with Crippen LogP contribution >= 0.6 is 0 Å². The summed E-state index contributed by atoms with van der Waals surface area (Å²) >= 11 is 0. The number of pyridine rings is 1. The molecule has 22 heavy (non-hydrogen) atoms. The number of aromatic nitrogens is 1. The fraction of sp³-hybridized carbons (Fsp3) is 0.571. The average molecular weight is 325 g/mol. The summed E-state index contributed by atoms with van der Waals surface area (Å²) in [5, 5.41) is 0. The Hall–Kier alpha value is -1.51. The number of ether oxygens (including phenoxy) is 1. The molecule has 2 aliphatic heterocycles. The summed E-state index contributed by atoms with van der Waals surface area (Å²) in [6.45, 7) is 1.68. The summed E-state index contributed by atoms with van der Waals surface area (Å²) in [4.78, 5) is 18.1. The van der Waals surface area contributed by atoms with E-state index in [2.05, 4.69) is 4.98 Å². The predicted molar refractivity (Wildman–Crippen MR) is 79.8 cm³/mol. The summed E-state index contributed by atoms with van der Waals surface area (Å²) in [6.07, 6.45) is 4.87. The lowest BCUT2D eigenvalue weighted by Crippen LogP contribution is -2.61. The molecule has 3 heterocycles. The van der Waals surface area contributed by atoms with Crippen molar-refractivity contribution in [2.24, 2.45) is 0 Å². The van der Waals surface area contributed by atoms with Gasteiger partial charge in [-0.1, -0.05) is 0 Å². The van der Waals surface area contributed by atoms with Crippen LogP contribution < -0.4 is 0 Å². The maximum atomic E-state index is 12.5. The highest BCUT2D eigenvalue weighted by Gasteiger charge is 2.42. The van der Waals surface area contributed by atoms with Gasteiger partial charge in [-0.2, -0.15) is 4.31 Å². The highest BCUT2D eigenvalue weighted by molar-refractivity contribution is 7.88. The summed E-state index contributed by atoms with van der Waals surface area (Å²) in [5.41, 5.74) is 0.566. The van der Waals surface area contributed by atoms with Gasteiger partial charge in [0.05, 0.1) is 25.0 Å². The van der Waals surface area contributed by atoms with Gasteiger partial charge in [-0.3, -0.25) is 9.78 Å². The molecule has 1 aromatic heterocycles. The van der Waals surface area contributed by atoms with Gasteiger partial charge in [0.15, 0.2) is 0 Å². The number of hydrogen-bond donors (Lipinski definition) is 0. The lowest BCUT2D eigenvalue weighted by molar-refractivity contribution is -0.0704. The van der Waals surface area contributed by atoms with Gasteiger partial charge in [0.1, 0.15) is 0 Å². The van der Waals surface area contributed by atoms with Crippen molar-refractivity contribution >= 4 is 15.9 Å². The molecule has 120 valence electrons. The highest BCUT2D eigenvalue weighted by Crippen LogP contribution is 2.25. The molecular formula is C14H19N3O4S. The van der Waals surface area contributed by atoms with Crippen LogP contribution in [0.3, 0.4) is 0 Å².